The summed E-state index contributed by atoms with van der Waals surface area (Å²) in [4.78, 5) is 19.2. The maximum Gasteiger partial charge on any atom is 0.439 e. The summed E-state index contributed by atoms with van der Waals surface area (Å²) in [5.41, 5.74) is 1.33. The Morgan fingerprint density at radius 1 is 1.21 bits per heavy atom. The molecule has 11 heteroatoms. The van der Waals surface area contributed by atoms with Crippen molar-refractivity contribution in [2.24, 2.45) is 5.92 Å². The van der Waals surface area contributed by atoms with E-state index in [0.29, 0.717) is 27.7 Å². The Kier molecular flexibility index (Phi) is 6.26. The minimum Gasteiger partial charge on any atom is -0.492 e. The number of hydrogen-bond acceptors (Lipinski definition) is 7. The smallest absolute Gasteiger partial charge is 0.439 e. The monoisotopic (exact) mass is 479 g/mol. The first-order valence-corrected chi connectivity index (χ1v) is 10.8. The van der Waals surface area contributed by atoms with Crippen molar-refractivity contribution in [1.29, 1.82) is 0 Å². The van der Waals surface area contributed by atoms with E-state index in [1.54, 1.807) is 19.3 Å². The van der Waals surface area contributed by atoms with Crippen LogP contribution >= 0.6 is 11.3 Å². The second kappa shape index (κ2) is 8.99. The number of halogens is 3. The van der Waals surface area contributed by atoms with Crippen LogP contribution in [0.5, 0.6) is 0 Å². The minimum absolute atomic E-state index is 0.169. The van der Waals surface area contributed by atoms with E-state index in [1.807, 2.05) is 13.8 Å². The van der Waals surface area contributed by atoms with Gasteiger partial charge in [0.1, 0.15) is 17.4 Å². The number of ether oxygens (including phenoxy) is 2. The van der Waals surface area contributed by atoms with Gasteiger partial charge in [0.15, 0.2) is 5.82 Å². The van der Waals surface area contributed by atoms with Gasteiger partial charge in [0.25, 0.3) is 0 Å². The lowest BCUT2D eigenvalue weighted by atomic mass is 9.90. The zero-order valence-corrected chi connectivity index (χ0v) is 18.7. The van der Waals surface area contributed by atoms with Gasteiger partial charge in [-0.2, -0.15) is 13.2 Å². The zero-order valence-electron chi connectivity index (χ0n) is 17.9. The first-order chi connectivity index (χ1) is 15.7. The molecule has 2 atom stereocenters. The maximum absolute atomic E-state index is 12.8. The second-order valence-corrected chi connectivity index (χ2v) is 8.55. The largest absolute Gasteiger partial charge is 0.492 e. The van der Waals surface area contributed by atoms with Crippen molar-refractivity contribution in [2.75, 3.05) is 7.11 Å². The SMILES string of the molecule is COC1C(c2noc(=O)[nH]2)=CC=C(OCc2sc(-c3ccc(C(F)(F)F)cc3)nc2C)C1C. The Bertz CT molecular complexity index is 1250. The lowest BCUT2D eigenvalue weighted by Gasteiger charge is -2.29. The molecule has 1 aliphatic rings. The highest BCUT2D eigenvalue weighted by atomic mass is 32.1. The highest BCUT2D eigenvalue weighted by Crippen LogP contribution is 2.35. The molecule has 0 radical (unpaired) electrons. The molecule has 1 aromatic carbocycles. The number of allylic oxidation sites excluding steroid dienone is 2. The fraction of sp³-hybridized carbons (Fsp3) is 0.318. The van der Waals surface area contributed by atoms with Gasteiger partial charge in [0, 0.05) is 24.2 Å². The molecular weight excluding hydrogens is 459 g/mol. The zero-order chi connectivity index (χ0) is 23.8. The van der Waals surface area contributed by atoms with E-state index < -0.39 is 23.6 Å². The molecule has 0 fully saturated rings. The normalized spacial score (nSPS) is 18.7. The van der Waals surface area contributed by atoms with Crippen LogP contribution in [0.2, 0.25) is 0 Å². The molecule has 174 valence electrons. The number of rotatable bonds is 6. The van der Waals surface area contributed by atoms with Crippen molar-refractivity contribution in [3.8, 4) is 10.6 Å². The van der Waals surface area contributed by atoms with Crippen molar-refractivity contribution in [3.05, 3.63) is 74.7 Å². The number of alkyl halides is 3. The van der Waals surface area contributed by atoms with Crippen molar-refractivity contribution in [1.82, 2.24) is 15.1 Å². The topological polar surface area (TPSA) is 90.2 Å². The summed E-state index contributed by atoms with van der Waals surface area (Å²) in [6, 6.07) is 4.93. The van der Waals surface area contributed by atoms with E-state index in [4.69, 9.17) is 9.47 Å². The van der Waals surface area contributed by atoms with E-state index in [0.717, 1.165) is 22.7 Å². The number of nitrogens with zero attached hydrogens (tertiary/aromatic N) is 2. The van der Waals surface area contributed by atoms with Gasteiger partial charge in [-0.05, 0) is 31.2 Å². The van der Waals surface area contributed by atoms with Crippen LogP contribution in [0.15, 0.2) is 51.5 Å². The average molecular weight is 479 g/mol. The lowest BCUT2D eigenvalue weighted by Crippen LogP contribution is -2.27. The summed E-state index contributed by atoms with van der Waals surface area (Å²) in [7, 11) is 1.56. The van der Waals surface area contributed by atoms with E-state index in [9.17, 15) is 18.0 Å². The molecule has 2 aromatic heterocycles. The Hall–Kier alpha value is -3.18. The first kappa shape index (κ1) is 23.0. The summed E-state index contributed by atoms with van der Waals surface area (Å²) in [6.07, 6.45) is -1.24. The predicted octanol–water partition coefficient (Wildman–Crippen LogP) is 4.96. The van der Waals surface area contributed by atoms with Crippen LogP contribution in [0.25, 0.3) is 16.1 Å². The predicted molar refractivity (Wildman–Crippen MR) is 115 cm³/mol. The third-order valence-corrected chi connectivity index (χ3v) is 6.51. The Labute approximate surface area is 190 Å². The van der Waals surface area contributed by atoms with Crippen LogP contribution in [-0.2, 0) is 22.3 Å². The van der Waals surface area contributed by atoms with Crippen molar-refractivity contribution < 1.29 is 27.2 Å². The molecule has 1 aliphatic carbocycles. The van der Waals surface area contributed by atoms with E-state index in [1.165, 1.54) is 23.5 Å². The summed E-state index contributed by atoms with van der Waals surface area (Å²) in [5, 5.41) is 4.34. The highest BCUT2D eigenvalue weighted by Gasteiger charge is 2.32. The van der Waals surface area contributed by atoms with Crippen LogP contribution in [0.4, 0.5) is 13.2 Å². The number of aromatic amines is 1. The van der Waals surface area contributed by atoms with E-state index >= 15 is 0 Å². The van der Waals surface area contributed by atoms with Gasteiger partial charge < -0.3 is 9.47 Å². The number of aryl methyl sites for hydroxylation is 1. The average Bonchev–Trinajstić information content (AvgIpc) is 3.37. The number of aromatic nitrogens is 3. The van der Waals surface area contributed by atoms with Crippen molar-refractivity contribution in [2.45, 2.75) is 32.7 Å². The molecular formula is C22H20F3N3O4S. The molecule has 0 aliphatic heterocycles. The van der Waals surface area contributed by atoms with Crippen LogP contribution in [-0.4, -0.2) is 28.3 Å². The molecule has 3 aromatic rings. The van der Waals surface area contributed by atoms with E-state index in [2.05, 4.69) is 19.6 Å². The van der Waals surface area contributed by atoms with Gasteiger partial charge in [0.05, 0.1) is 22.2 Å². The molecule has 33 heavy (non-hydrogen) atoms. The van der Waals surface area contributed by atoms with Crippen molar-refractivity contribution in [3.63, 3.8) is 0 Å². The molecule has 1 N–H and O–H groups in total. The molecule has 0 bridgehead atoms. The van der Waals surface area contributed by atoms with Gasteiger partial charge in [-0.15, -0.1) is 11.3 Å². The Morgan fingerprint density at radius 3 is 2.55 bits per heavy atom. The molecule has 0 amide bonds. The number of nitrogens with one attached hydrogen (secondary N) is 1. The number of hydrogen-bond donors (Lipinski definition) is 1. The van der Waals surface area contributed by atoms with Gasteiger partial charge >= 0.3 is 11.9 Å². The molecule has 2 unspecified atom stereocenters. The molecule has 2 heterocycles. The summed E-state index contributed by atoms with van der Waals surface area (Å²) in [5.74, 6) is 0.163. The highest BCUT2D eigenvalue weighted by molar-refractivity contribution is 7.15. The molecule has 7 nitrogen and oxygen atoms in total. The fourth-order valence-corrected chi connectivity index (χ4v) is 4.53. The summed E-state index contributed by atoms with van der Waals surface area (Å²) < 4.78 is 54.6. The molecule has 4 rings (SSSR count). The minimum atomic E-state index is -4.38. The molecule has 0 saturated carbocycles. The van der Waals surface area contributed by atoms with Crippen LogP contribution < -0.4 is 5.76 Å². The molecule has 0 saturated heterocycles. The van der Waals surface area contributed by atoms with Gasteiger partial charge in [-0.25, -0.2) is 9.78 Å². The van der Waals surface area contributed by atoms with E-state index in [-0.39, 0.29) is 12.5 Å². The van der Waals surface area contributed by atoms with Gasteiger partial charge in [-0.1, -0.05) is 24.2 Å². The first-order valence-electron chi connectivity index (χ1n) is 9.95. The number of benzene rings is 1. The fourth-order valence-electron chi connectivity index (χ4n) is 3.55. The number of thiazole rings is 1. The summed E-state index contributed by atoms with van der Waals surface area (Å²) >= 11 is 1.37. The standard InChI is InChI=1S/C22H20F3N3O4S/c1-11-16(9-8-15(18(11)30-3)19-27-21(29)32-28-19)31-10-17-12(2)26-20(33-17)13-4-6-14(7-5-13)22(23,24)25/h4-9,11,18H,10H2,1-3H3,(H,27,28,29). The molecule has 0 spiro atoms. The maximum atomic E-state index is 12.8. The third kappa shape index (κ3) is 4.79. The van der Waals surface area contributed by atoms with Gasteiger partial charge in [-0.3, -0.25) is 9.51 Å². The van der Waals surface area contributed by atoms with Crippen LogP contribution in [0.1, 0.15) is 28.9 Å². The third-order valence-electron chi connectivity index (χ3n) is 5.33. The van der Waals surface area contributed by atoms with Gasteiger partial charge in [0.2, 0.25) is 0 Å². The number of methoxy groups -OCH3 is 1. The quantitative estimate of drug-likeness (QED) is 0.537. The summed E-state index contributed by atoms with van der Waals surface area (Å²) in [6.45, 7) is 4.01. The van der Waals surface area contributed by atoms with Crippen LogP contribution in [0.3, 0.4) is 0 Å². The van der Waals surface area contributed by atoms with Crippen LogP contribution in [0, 0.1) is 12.8 Å². The lowest BCUT2D eigenvalue weighted by molar-refractivity contribution is -0.137. The van der Waals surface area contributed by atoms with Crippen molar-refractivity contribution >= 4 is 16.9 Å². The Balaban J connectivity index is 1.50. The number of H-pyrrole nitrogens is 1. The Morgan fingerprint density at radius 2 is 1.94 bits per heavy atom. The second-order valence-electron chi connectivity index (χ2n) is 7.47.